The van der Waals surface area contributed by atoms with E-state index in [9.17, 15) is 0 Å². The van der Waals surface area contributed by atoms with E-state index in [1.807, 2.05) is 0 Å². The summed E-state index contributed by atoms with van der Waals surface area (Å²) in [6.07, 6.45) is 0. The van der Waals surface area contributed by atoms with E-state index in [1.54, 1.807) is 0 Å². The minimum atomic E-state index is -1.25. The summed E-state index contributed by atoms with van der Waals surface area (Å²) in [6.45, 7) is 1.41. The second kappa shape index (κ2) is 1.58. The van der Waals surface area contributed by atoms with Crippen molar-refractivity contribution in [2.45, 2.75) is 12.9 Å². The number of aliphatic hydroxyl groups is 1. The Hall–Kier alpha value is 0.568. The molecule has 6 heavy (non-hydrogen) atoms. The van der Waals surface area contributed by atoms with Gasteiger partial charge in [0.15, 0.2) is 0 Å². The van der Waals surface area contributed by atoms with Crippen LogP contribution in [0.4, 0.5) is 0 Å². The van der Waals surface area contributed by atoms with Crippen LogP contribution in [0.15, 0.2) is 0 Å². The van der Waals surface area contributed by atoms with Gasteiger partial charge in [0.05, 0.1) is 0 Å². The van der Waals surface area contributed by atoms with E-state index in [-0.39, 0.29) is 21.1 Å². The van der Waals surface area contributed by atoms with E-state index in [4.69, 9.17) is 5.11 Å². The van der Waals surface area contributed by atoms with Gasteiger partial charge < -0.3 is 5.11 Å². The minimum Gasteiger partial charge on any atom is -0.340 e. The molecule has 1 aliphatic rings. The van der Waals surface area contributed by atoms with Crippen molar-refractivity contribution in [1.82, 2.24) is 0 Å². The van der Waals surface area contributed by atoms with Crippen molar-refractivity contribution >= 4 is 0 Å². The Balaban J connectivity index is 0.000000250. The van der Waals surface area contributed by atoms with Crippen LogP contribution in [0.2, 0.25) is 0 Å². The minimum absolute atomic E-state index is 0. The maximum atomic E-state index is 8.19. The van der Waals surface area contributed by atoms with Gasteiger partial charge >= 0.3 is 5.97 Å². The first-order valence-electron chi connectivity index (χ1n) is 1.30. The molecule has 0 amide bonds. The Morgan fingerprint density at radius 1 is 1.50 bits per heavy atom. The molecule has 1 heterocycles. The predicted octanol–water partition coefficient (Wildman–Crippen LogP) is -0.388. The fourth-order valence-corrected chi connectivity index (χ4v) is 0.0603. The summed E-state index contributed by atoms with van der Waals surface area (Å²) in [5.74, 6) is -1.25. The zero-order chi connectivity index (χ0) is 3.91. The molecular weight excluding hydrogens is 267 g/mol. The third kappa shape index (κ3) is 1.88. The maximum Gasteiger partial charge on any atom is 0.334 e. The predicted molar refractivity (Wildman–Crippen MR) is 12.8 cm³/mol. The number of rotatable bonds is 0. The molecule has 0 aliphatic carbocycles. The fourth-order valence-electron chi connectivity index (χ4n) is 0.0603. The molecule has 40 valence electrons. The van der Waals surface area contributed by atoms with Gasteiger partial charge in [-0.25, -0.2) is 0 Å². The number of hydrogen-bond acceptors (Lipinski definition) is 3. The summed E-state index contributed by atoms with van der Waals surface area (Å²) in [5, 5.41) is 8.19. The molecule has 1 N–H and O–H groups in total. The second-order valence-electron chi connectivity index (χ2n) is 1.06. The standard InChI is InChI=1S/C2H4O3.Pt/c1-2(3)4-5-2;/h3H,1H3;. The quantitative estimate of drug-likeness (QED) is 0.482. The first-order valence-corrected chi connectivity index (χ1v) is 1.30. The maximum absolute atomic E-state index is 8.19. The smallest absolute Gasteiger partial charge is 0.334 e. The third-order valence-electron chi connectivity index (χ3n) is 0.325. The molecule has 0 atom stereocenters. The Bertz CT molecular complexity index is 46.8. The van der Waals surface area contributed by atoms with Crippen LogP contribution in [0, 0.1) is 0 Å². The van der Waals surface area contributed by atoms with Crippen molar-refractivity contribution in [3.05, 3.63) is 0 Å². The normalized spacial score (nSPS) is 25.0. The first-order chi connectivity index (χ1) is 2.21. The molecule has 0 aromatic heterocycles. The second-order valence-corrected chi connectivity index (χ2v) is 1.06. The molecule has 0 saturated carbocycles. The van der Waals surface area contributed by atoms with E-state index in [0.717, 1.165) is 0 Å². The van der Waals surface area contributed by atoms with E-state index in [2.05, 4.69) is 9.78 Å². The molecule has 0 spiro atoms. The van der Waals surface area contributed by atoms with Crippen molar-refractivity contribution < 1.29 is 35.9 Å². The van der Waals surface area contributed by atoms with E-state index in [1.165, 1.54) is 6.92 Å². The van der Waals surface area contributed by atoms with Crippen LogP contribution >= 0.6 is 0 Å². The van der Waals surface area contributed by atoms with Crippen molar-refractivity contribution in [2.75, 3.05) is 0 Å². The van der Waals surface area contributed by atoms with Crippen molar-refractivity contribution in [3.8, 4) is 0 Å². The van der Waals surface area contributed by atoms with Crippen LogP contribution in [0.3, 0.4) is 0 Å². The van der Waals surface area contributed by atoms with E-state index in [0.29, 0.717) is 0 Å². The van der Waals surface area contributed by atoms with Gasteiger partial charge in [0.25, 0.3) is 0 Å². The Labute approximate surface area is 49.4 Å². The van der Waals surface area contributed by atoms with Gasteiger partial charge in [-0.2, -0.15) is 9.78 Å². The van der Waals surface area contributed by atoms with E-state index >= 15 is 0 Å². The molecule has 0 aromatic rings. The average molecular weight is 271 g/mol. The molecule has 1 aliphatic heterocycles. The Kier molecular flexibility index (Phi) is 1.73. The third-order valence-corrected chi connectivity index (χ3v) is 0.325. The summed E-state index contributed by atoms with van der Waals surface area (Å²) in [5.41, 5.74) is 0. The molecule has 3 nitrogen and oxygen atoms in total. The monoisotopic (exact) mass is 271 g/mol. The van der Waals surface area contributed by atoms with Gasteiger partial charge in [-0.15, -0.1) is 0 Å². The molecular formula is C2H4O3Pt. The van der Waals surface area contributed by atoms with Gasteiger partial charge in [-0.1, -0.05) is 0 Å². The van der Waals surface area contributed by atoms with E-state index < -0.39 is 5.97 Å². The van der Waals surface area contributed by atoms with Crippen LogP contribution in [-0.4, -0.2) is 11.1 Å². The molecule has 0 unspecified atom stereocenters. The topological polar surface area (TPSA) is 45.3 Å². The molecule has 1 fully saturated rings. The van der Waals surface area contributed by atoms with Crippen LogP contribution in [0.5, 0.6) is 0 Å². The van der Waals surface area contributed by atoms with Crippen LogP contribution in [0.25, 0.3) is 0 Å². The zero-order valence-corrected chi connectivity index (χ0v) is 5.35. The largest absolute Gasteiger partial charge is 0.340 e. The summed E-state index contributed by atoms with van der Waals surface area (Å²) < 4.78 is 0. The van der Waals surface area contributed by atoms with Gasteiger partial charge in [0.1, 0.15) is 0 Å². The SMILES string of the molecule is CC1(O)OO1.[Pt]. The molecule has 4 heteroatoms. The summed E-state index contributed by atoms with van der Waals surface area (Å²) in [7, 11) is 0. The molecule has 1 saturated heterocycles. The van der Waals surface area contributed by atoms with Gasteiger partial charge in [-0.05, 0) is 0 Å². The van der Waals surface area contributed by atoms with Crippen LogP contribution in [-0.2, 0) is 30.8 Å². The number of hydrogen-bond donors (Lipinski definition) is 1. The molecule has 1 rings (SSSR count). The van der Waals surface area contributed by atoms with Gasteiger partial charge in [-0.3, -0.25) is 0 Å². The molecule has 0 aromatic carbocycles. The van der Waals surface area contributed by atoms with Gasteiger partial charge in [0, 0.05) is 28.0 Å². The van der Waals surface area contributed by atoms with Crippen molar-refractivity contribution in [3.63, 3.8) is 0 Å². The summed E-state index contributed by atoms with van der Waals surface area (Å²) in [4.78, 5) is 7.90. The van der Waals surface area contributed by atoms with Crippen molar-refractivity contribution in [1.29, 1.82) is 0 Å². The van der Waals surface area contributed by atoms with Crippen LogP contribution in [0.1, 0.15) is 6.92 Å². The van der Waals surface area contributed by atoms with Gasteiger partial charge in [0.2, 0.25) is 0 Å². The summed E-state index contributed by atoms with van der Waals surface area (Å²) in [6, 6.07) is 0. The fraction of sp³-hybridized carbons (Fsp3) is 1.00. The zero-order valence-electron chi connectivity index (χ0n) is 3.08. The Morgan fingerprint density at radius 3 is 1.67 bits per heavy atom. The van der Waals surface area contributed by atoms with Crippen molar-refractivity contribution in [2.24, 2.45) is 0 Å². The first kappa shape index (κ1) is 6.57. The molecule has 0 bridgehead atoms. The van der Waals surface area contributed by atoms with Crippen LogP contribution < -0.4 is 0 Å². The Morgan fingerprint density at radius 2 is 1.67 bits per heavy atom. The average Bonchev–Trinajstić information content (AvgIpc) is 1.76. The molecule has 0 radical (unpaired) electrons. The summed E-state index contributed by atoms with van der Waals surface area (Å²) >= 11 is 0.